The molecule has 94 valence electrons. The van der Waals surface area contributed by atoms with Gasteiger partial charge in [-0.15, -0.1) is 10.2 Å². The lowest BCUT2D eigenvalue weighted by molar-refractivity contribution is 0.457. The summed E-state index contributed by atoms with van der Waals surface area (Å²) in [4.78, 5) is 0. The molecular weight excluding hydrogens is 226 g/mol. The molecule has 0 amide bonds. The average Bonchev–Trinajstić information content (AvgIpc) is 2.79. The van der Waals surface area contributed by atoms with Crippen molar-refractivity contribution in [3.63, 3.8) is 0 Å². The molecule has 0 aliphatic heterocycles. The lowest BCUT2D eigenvalue weighted by Gasteiger charge is -2.02. The number of benzene rings is 1. The van der Waals surface area contributed by atoms with Crippen molar-refractivity contribution in [3.05, 3.63) is 36.2 Å². The third-order valence-electron chi connectivity index (χ3n) is 3.50. The highest BCUT2D eigenvalue weighted by Crippen LogP contribution is 2.44. The number of nitrogens with zero attached hydrogens (tertiary/aromatic N) is 2. The van der Waals surface area contributed by atoms with E-state index in [1.807, 2.05) is 30.3 Å². The summed E-state index contributed by atoms with van der Waals surface area (Å²) in [6, 6.07) is 10.4. The zero-order valence-electron chi connectivity index (χ0n) is 10.7. The van der Waals surface area contributed by atoms with E-state index < -0.39 is 0 Å². The molecule has 1 unspecified atom stereocenters. The van der Waals surface area contributed by atoms with E-state index in [1.54, 1.807) is 0 Å². The Morgan fingerprint density at radius 2 is 2.00 bits per heavy atom. The van der Waals surface area contributed by atoms with E-state index in [1.165, 1.54) is 6.42 Å². The fourth-order valence-corrected chi connectivity index (χ4v) is 2.05. The van der Waals surface area contributed by atoms with Gasteiger partial charge in [0, 0.05) is 11.6 Å². The Morgan fingerprint density at radius 1 is 1.28 bits per heavy atom. The Balaban J connectivity index is 1.64. The zero-order chi connectivity index (χ0) is 12.6. The molecule has 1 aromatic carbocycles. The first-order chi connectivity index (χ1) is 8.65. The van der Waals surface area contributed by atoms with Gasteiger partial charge in [-0.1, -0.05) is 32.0 Å². The highest BCUT2D eigenvalue weighted by molar-refractivity contribution is 5.51. The van der Waals surface area contributed by atoms with Crippen molar-refractivity contribution < 1.29 is 4.42 Å². The second-order valence-corrected chi connectivity index (χ2v) is 5.49. The Hall–Kier alpha value is -1.68. The summed E-state index contributed by atoms with van der Waals surface area (Å²) >= 11 is 0. The fourth-order valence-electron chi connectivity index (χ4n) is 2.05. The molecule has 1 aromatic heterocycles. The SMILES string of the molecule is CC1(C)CC1NCc1nnc(-c2ccccc2)o1. The monoisotopic (exact) mass is 243 g/mol. The lowest BCUT2D eigenvalue weighted by atomic mass is 10.2. The summed E-state index contributed by atoms with van der Waals surface area (Å²) in [6.07, 6.45) is 1.21. The molecule has 1 aliphatic rings. The molecule has 1 atom stereocenters. The molecule has 0 radical (unpaired) electrons. The minimum atomic E-state index is 0.419. The van der Waals surface area contributed by atoms with Crippen LogP contribution in [0.25, 0.3) is 11.5 Å². The van der Waals surface area contributed by atoms with Crippen LogP contribution in [0.15, 0.2) is 34.7 Å². The Labute approximate surface area is 106 Å². The Morgan fingerprint density at radius 3 is 2.67 bits per heavy atom. The summed E-state index contributed by atoms with van der Waals surface area (Å²) in [6.45, 7) is 5.16. The van der Waals surface area contributed by atoms with Gasteiger partial charge in [0.15, 0.2) is 0 Å². The Kier molecular flexibility index (Phi) is 2.67. The van der Waals surface area contributed by atoms with Crippen LogP contribution in [0.5, 0.6) is 0 Å². The predicted octanol–water partition coefficient (Wildman–Crippen LogP) is 2.62. The van der Waals surface area contributed by atoms with Crippen LogP contribution >= 0.6 is 0 Å². The first kappa shape index (κ1) is 11.4. The van der Waals surface area contributed by atoms with E-state index in [4.69, 9.17) is 4.42 Å². The number of hydrogen-bond donors (Lipinski definition) is 1. The van der Waals surface area contributed by atoms with Crippen molar-refractivity contribution in [2.75, 3.05) is 0 Å². The van der Waals surface area contributed by atoms with E-state index in [9.17, 15) is 0 Å². The maximum atomic E-state index is 5.63. The van der Waals surface area contributed by atoms with Crippen LogP contribution in [-0.2, 0) is 6.54 Å². The van der Waals surface area contributed by atoms with Gasteiger partial charge in [0.05, 0.1) is 6.54 Å². The maximum absolute atomic E-state index is 5.63. The van der Waals surface area contributed by atoms with Gasteiger partial charge in [-0.05, 0) is 24.0 Å². The fraction of sp³-hybridized carbons (Fsp3) is 0.429. The summed E-state index contributed by atoms with van der Waals surface area (Å²) in [5.41, 5.74) is 1.38. The first-order valence-electron chi connectivity index (χ1n) is 6.26. The van der Waals surface area contributed by atoms with E-state index >= 15 is 0 Å². The van der Waals surface area contributed by atoms with Gasteiger partial charge in [-0.25, -0.2) is 0 Å². The molecule has 1 saturated carbocycles. The number of hydrogen-bond acceptors (Lipinski definition) is 4. The first-order valence-corrected chi connectivity index (χ1v) is 6.26. The number of rotatable bonds is 4. The van der Waals surface area contributed by atoms with E-state index in [2.05, 4.69) is 29.4 Å². The molecule has 1 heterocycles. The van der Waals surface area contributed by atoms with Crippen molar-refractivity contribution in [1.82, 2.24) is 15.5 Å². The molecule has 1 N–H and O–H groups in total. The molecule has 0 saturated heterocycles. The van der Waals surface area contributed by atoms with Crippen LogP contribution < -0.4 is 5.32 Å². The van der Waals surface area contributed by atoms with E-state index in [0.717, 1.165) is 5.56 Å². The predicted molar refractivity (Wildman–Crippen MR) is 68.8 cm³/mol. The molecule has 4 nitrogen and oxygen atoms in total. The maximum Gasteiger partial charge on any atom is 0.247 e. The molecule has 2 aromatic rings. The molecule has 0 spiro atoms. The molecule has 0 bridgehead atoms. The summed E-state index contributed by atoms with van der Waals surface area (Å²) in [7, 11) is 0. The van der Waals surface area contributed by atoms with Crippen molar-refractivity contribution in [3.8, 4) is 11.5 Å². The van der Waals surface area contributed by atoms with Gasteiger partial charge in [-0.3, -0.25) is 0 Å². The summed E-state index contributed by atoms with van der Waals surface area (Å²) in [5, 5.41) is 11.6. The molecular formula is C14H17N3O. The van der Waals surface area contributed by atoms with Gasteiger partial charge < -0.3 is 9.73 Å². The van der Waals surface area contributed by atoms with Crippen LogP contribution in [0.1, 0.15) is 26.2 Å². The van der Waals surface area contributed by atoms with Crippen LogP contribution in [0, 0.1) is 5.41 Å². The lowest BCUT2D eigenvalue weighted by Crippen LogP contribution is -2.20. The van der Waals surface area contributed by atoms with Gasteiger partial charge in [-0.2, -0.15) is 0 Å². The molecule has 3 rings (SSSR count). The second kappa shape index (κ2) is 4.21. The van der Waals surface area contributed by atoms with Crippen LogP contribution in [-0.4, -0.2) is 16.2 Å². The topological polar surface area (TPSA) is 51.0 Å². The minimum Gasteiger partial charge on any atom is -0.419 e. The normalized spacial score (nSPS) is 20.9. The summed E-state index contributed by atoms with van der Waals surface area (Å²) < 4.78 is 5.63. The smallest absolute Gasteiger partial charge is 0.247 e. The van der Waals surface area contributed by atoms with Gasteiger partial charge in [0.25, 0.3) is 0 Å². The van der Waals surface area contributed by atoms with Crippen molar-refractivity contribution in [2.45, 2.75) is 32.9 Å². The highest BCUT2D eigenvalue weighted by atomic mass is 16.4. The van der Waals surface area contributed by atoms with Crippen molar-refractivity contribution in [1.29, 1.82) is 0 Å². The number of nitrogens with one attached hydrogen (secondary N) is 1. The van der Waals surface area contributed by atoms with Crippen molar-refractivity contribution >= 4 is 0 Å². The molecule has 1 aliphatic carbocycles. The molecule has 1 fully saturated rings. The van der Waals surface area contributed by atoms with Crippen LogP contribution in [0.4, 0.5) is 0 Å². The standard InChI is InChI=1S/C14H17N3O/c1-14(2)8-11(14)15-9-12-16-17-13(18-12)10-6-4-3-5-7-10/h3-7,11,15H,8-9H2,1-2H3. The Bertz CT molecular complexity index is 533. The summed E-state index contributed by atoms with van der Waals surface area (Å²) in [5.74, 6) is 1.24. The van der Waals surface area contributed by atoms with Gasteiger partial charge in [0.1, 0.15) is 0 Å². The zero-order valence-corrected chi connectivity index (χ0v) is 10.7. The van der Waals surface area contributed by atoms with E-state index in [-0.39, 0.29) is 0 Å². The van der Waals surface area contributed by atoms with Gasteiger partial charge >= 0.3 is 0 Å². The third-order valence-corrected chi connectivity index (χ3v) is 3.50. The highest BCUT2D eigenvalue weighted by Gasteiger charge is 2.45. The number of aromatic nitrogens is 2. The van der Waals surface area contributed by atoms with Crippen LogP contribution in [0.3, 0.4) is 0 Å². The molecule has 18 heavy (non-hydrogen) atoms. The third kappa shape index (κ3) is 2.29. The quantitative estimate of drug-likeness (QED) is 0.896. The van der Waals surface area contributed by atoms with E-state index in [0.29, 0.717) is 29.8 Å². The largest absolute Gasteiger partial charge is 0.419 e. The minimum absolute atomic E-state index is 0.419. The molecule has 4 heteroatoms. The van der Waals surface area contributed by atoms with Gasteiger partial charge in [0.2, 0.25) is 11.8 Å². The second-order valence-electron chi connectivity index (χ2n) is 5.49. The van der Waals surface area contributed by atoms with Crippen molar-refractivity contribution in [2.24, 2.45) is 5.41 Å². The average molecular weight is 243 g/mol. The van der Waals surface area contributed by atoms with Crippen LogP contribution in [0.2, 0.25) is 0 Å².